The van der Waals surface area contributed by atoms with Crippen LogP contribution in [0.25, 0.3) is 88.7 Å². The molecule has 1 aliphatic heterocycles. The third-order valence-electron chi connectivity index (χ3n) is 14.7. The van der Waals surface area contributed by atoms with Gasteiger partial charge in [-0.05, 0) is 145 Å². The van der Waals surface area contributed by atoms with Crippen LogP contribution < -0.4 is 4.74 Å². The molecule has 0 N–H and O–H groups in total. The van der Waals surface area contributed by atoms with E-state index in [9.17, 15) is 0 Å². The van der Waals surface area contributed by atoms with Gasteiger partial charge in [-0.2, -0.15) is 0 Å². The van der Waals surface area contributed by atoms with Gasteiger partial charge in [-0.1, -0.05) is 188 Å². The van der Waals surface area contributed by atoms with Crippen LogP contribution in [0.4, 0.5) is 0 Å². The molecule has 0 saturated heterocycles. The Kier molecular flexibility index (Phi) is 10.1. The van der Waals surface area contributed by atoms with Crippen LogP contribution in [0.15, 0.2) is 212 Å². The van der Waals surface area contributed by atoms with Gasteiger partial charge in [-0.3, -0.25) is 0 Å². The first-order chi connectivity index (χ1) is 34.1. The molecule has 0 fully saturated rings. The summed E-state index contributed by atoms with van der Waals surface area (Å²) in [6.07, 6.45) is 20.4. The van der Waals surface area contributed by atoms with Gasteiger partial charge in [0.05, 0.1) is 11.9 Å². The van der Waals surface area contributed by atoms with Crippen LogP contribution in [0.3, 0.4) is 0 Å². The molecule has 0 saturated carbocycles. The second-order valence-electron chi connectivity index (χ2n) is 19.0. The highest BCUT2D eigenvalue weighted by Crippen LogP contribution is 2.47. The van der Waals surface area contributed by atoms with Crippen LogP contribution in [0, 0.1) is 17.8 Å². The van der Waals surface area contributed by atoms with E-state index in [2.05, 4.69) is 235 Å². The van der Waals surface area contributed by atoms with Crippen molar-refractivity contribution in [3.05, 3.63) is 240 Å². The third-order valence-corrected chi connectivity index (χ3v) is 14.7. The van der Waals surface area contributed by atoms with Gasteiger partial charge in [0, 0.05) is 39.9 Å². The molecule has 8 aromatic carbocycles. The van der Waals surface area contributed by atoms with Gasteiger partial charge in [-0.25, -0.2) is 0 Å². The highest BCUT2D eigenvalue weighted by Gasteiger charge is 2.27. The molecule has 2 unspecified atom stereocenters. The van der Waals surface area contributed by atoms with Crippen LogP contribution >= 0.6 is 0 Å². The molecule has 2 heteroatoms. The summed E-state index contributed by atoms with van der Waals surface area (Å²) >= 11 is 0. The van der Waals surface area contributed by atoms with E-state index in [-0.39, 0.29) is 0 Å². The lowest BCUT2D eigenvalue weighted by atomic mass is 9.82. The molecule has 13 rings (SSSR count). The van der Waals surface area contributed by atoms with E-state index >= 15 is 0 Å². The average molecular weight is 884 g/mol. The Morgan fingerprint density at radius 2 is 1.29 bits per heavy atom. The van der Waals surface area contributed by atoms with Crippen LogP contribution in [-0.2, 0) is 6.42 Å². The van der Waals surface area contributed by atoms with E-state index in [0.29, 0.717) is 18.3 Å². The van der Waals surface area contributed by atoms with E-state index in [4.69, 9.17) is 4.74 Å². The molecule has 2 atom stereocenters. The maximum Gasteiger partial charge on any atom is 0.159 e. The Labute approximate surface area is 404 Å². The molecule has 9 aromatic rings. The molecular weight excluding hydrogens is 835 g/mol. The molecule has 2 nitrogen and oxygen atoms in total. The highest BCUT2D eigenvalue weighted by atomic mass is 16.5. The van der Waals surface area contributed by atoms with Gasteiger partial charge in [0.15, 0.2) is 5.76 Å². The lowest BCUT2D eigenvalue weighted by Gasteiger charge is -2.23. The van der Waals surface area contributed by atoms with Crippen molar-refractivity contribution in [1.29, 1.82) is 0 Å². The number of nitrogens with zero attached hydrogens (tertiary/aromatic N) is 1. The van der Waals surface area contributed by atoms with Crippen LogP contribution in [-0.4, -0.2) is 4.57 Å². The number of fused-ring (bicyclic) bond motifs is 7. The van der Waals surface area contributed by atoms with Crippen LogP contribution in [0.1, 0.15) is 66.5 Å². The molecule has 2 bridgehead atoms. The Hall–Kier alpha value is -8.34. The fourth-order valence-electron chi connectivity index (χ4n) is 11.4. The lowest BCUT2D eigenvalue weighted by Crippen LogP contribution is -2.07. The van der Waals surface area contributed by atoms with E-state index in [1.54, 1.807) is 0 Å². The zero-order chi connectivity index (χ0) is 45.8. The molecule has 0 radical (unpaired) electrons. The molecular formula is C67H49NO. The molecule has 0 spiro atoms. The first-order valence-electron chi connectivity index (χ1n) is 24.5. The van der Waals surface area contributed by atoms with Crippen molar-refractivity contribution < 1.29 is 4.74 Å². The second kappa shape index (κ2) is 17.1. The summed E-state index contributed by atoms with van der Waals surface area (Å²) in [4.78, 5) is 0. The SMILES string of the molecule is CC1CC=Cc2c1c1cc(-c3cccc4c3OC3=C=C4/C=C\CC#CC3)ccc1n2-c1ccc2c(CC3C=C(c4ccccc4)C=CC3)c3ccccc3c(-c3ccc(-c4ccccc4)cc3)c2c1. The van der Waals surface area contributed by atoms with Gasteiger partial charge in [0.25, 0.3) is 0 Å². The predicted molar refractivity (Wildman–Crippen MR) is 289 cm³/mol. The maximum atomic E-state index is 6.66. The Balaban J connectivity index is 0.998. The van der Waals surface area contributed by atoms with E-state index in [1.165, 1.54) is 88.3 Å². The molecule has 4 aliphatic rings. The molecule has 1 aromatic heterocycles. The van der Waals surface area contributed by atoms with Crippen molar-refractivity contribution in [2.24, 2.45) is 5.92 Å². The zero-order valence-corrected chi connectivity index (χ0v) is 38.7. The number of benzene rings is 8. The summed E-state index contributed by atoms with van der Waals surface area (Å²) in [5.41, 5.74) is 21.8. The number of rotatable bonds is 7. The van der Waals surface area contributed by atoms with E-state index < -0.39 is 0 Å². The maximum absolute atomic E-state index is 6.66. The normalized spacial score (nSPS) is 17.3. The molecule has 3 aliphatic carbocycles. The second-order valence-corrected chi connectivity index (χ2v) is 19.0. The standard InChI is InChI=1S/C67H49NO/c1-44-17-14-30-64-65(44)62-42-52(56-29-16-28-55-51-23-6-2-3-11-25-54(41-51)69-67(55)56)35-38-63(62)68(64)53-36-37-58-60(40-45-18-15-24-50(39-45)47-21-9-5-10-22-47)57-26-12-13-27-59(57)66(61(58)43-53)49-33-31-48(32-34-49)46-19-7-4-8-20-46/h4-10,12-16,19-24,26-39,42-45H,2,17-18,25,40H2,1H3/b23-6-. The van der Waals surface area contributed by atoms with Crippen LogP contribution in [0.5, 0.6) is 5.75 Å². The van der Waals surface area contributed by atoms with Crippen molar-refractivity contribution in [2.45, 2.75) is 44.9 Å². The van der Waals surface area contributed by atoms with Crippen molar-refractivity contribution in [3.63, 3.8) is 0 Å². The smallest absolute Gasteiger partial charge is 0.159 e. The van der Waals surface area contributed by atoms with Crippen molar-refractivity contribution in [2.75, 3.05) is 0 Å². The predicted octanol–water partition coefficient (Wildman–Crippen LogP) is 17.3. The highest BCUT2D eigenvalue weighted by molar-refractivity contribution is 6.16. The molecule has 69 heavy (non-hydrogen) atoms. The number of ether oxygens (including phenoxy) is 1. The van der Waals surface area contributed by atoms with Crippen LogP contribution in [0.2, 0.25) is 0 Å². The summed E-state index contributed by atoms with van der Waals surface area (Å²) in [7, 11) is 0. The third kappa shape index (κ3) is 7.23. The number of hydrogen-bond acceptors (Lipinski definition) is 1. The van der Waals surface area contributed by atoms with Gasteiger partial charge in [0.1, 0.15) is 5.75 Å². The Morgan fingerprint density at radius 3 is 2.14 bits per heavy atom. The van der Waals surface area contributed by atoms with Gasteiger partial charge in [0.2, 0.25) is 0 Å². The Bertz CT molecular complexity index is 3820. The Morgan fingerprint density at radius 1 is 0.565 bits per heavy atom. The van der Waals surface area contributed by atoms with Crippen molar-refractivity contribution in [3.8, 4) is 56.7 Å². The summed E-state index contributed by atoms with van der Waals surface area (Å²) < 4.78 is 9.18. The van der Waals surface area contributed by atoms with Gasteiger partial charge < -0.3 is 9.30 Å². The minimum atomic E-state index is 0.354. The number of aromatic nitrogens is 1. The van der Waals surface area contributed by atoms with Gasteiger partial charge >= 0.3 is 0 Å². The molecule has 2 heterocycles. The summed E-state index contributed by atoms with van der Waals surface area (Å²) in [5.74, 6) is 8.89. The molecule has 328 valence electrons. The van der Waals surface area contributed by atoms with Gasteiger partial charge in [-0.15, -0.1) is 0 Å². The minimum absolute atomic E-state index is 0.354. The lowest BCUT2D eigenvalue weighted by molar-refractivity contribution is 0.416. The average Bonchev–Trinajstić information content (AvgIpc) is 3.78. The minimum Gasteiger partial charge on any atom is -0.451 e. The first-order valence-corrected chi connectivity index (χ1v) is 24.5. The number of allylic oxidation sites excluding steroid dienone is 8. The fraction of sp³-hybridized carbons (Fsp3) is 0.119. The van der Waals surface area contributed by atoms with E-state index in [0.717, 1.165) is 59.5 Å². The fourth-order valence-corrected chi connectivity index (χ4v) is 11.4. The largest absolute Gasteiger partial charge is 0.451 e. The quantitative estimate of drug-likeness (QED) is 0.0884. The summed E-state index contributed by atoms with van der Waals surface area (Å²) in [6.45, 7) is 2.38. The van der Waals surface area contributed by atoms with Crippen molar-refractivity contribution >= 4 is 49.7 Å². The zero-order valence-electron chi connectivity index (χ0n) is 38.7. The summed E-state index contributed by atoms with van der Waals surface area (Å²) in [5, 5.41) is 6.48. The first kappa shape index (κ1) is 40.9. The summed E-state index contributed by atoms with van der Waals surface area (Å²) in [6, 6.07) is 60.7. The monoisotopic (exact) mass is 883 g/mol. The number of hydrogen-bond donors (Lipinski definition) is 0. The number of para-hydroxylation sites is 1. The van der Waals surface area contributed by atoms with E-state index in [1.807, 2.05) is 0 Å². The topological polar surface area (TPSA) is 14.2 Å². The molecule has 0 amide bonds. The van der Waals surface area contributed by atoms with Crippen molar-refractivity contribution in [1.82, 2.24) is 4.57 Å².